The number of rotatable bonds is 4. The minimum absolute atomic E-state index is 0.107. The van der Waals surface area contributed by atoms with Crippen LogP contribution in [0.3, 0.4) is 0 Å². The molecule has 2 aromatic carbocycles. The van der Waals surface area contributed by atoms with E-state index in [2.05, 4.69) is 0 Å². The predicted molar refractivity (Wildman–Crippen MR) is 75.4 cm³/mol. The summed E-state index contributed by atoms with van der Waals surface area (Å²) in [6, 6.07) is 11.7. The molecule has 0 aromatic heterocycles. The molecule has 0 N–H and O–H groups in total. The summed E-state index contributed by atoms with van der Waals surface area (Å²) in [4.78, 5) is 0. The van der Waals surface area contributed by atoms with E-state index in [-0.39, 0.29) is 12.4 Å². The van der Waals surface area contributed by atoms with Crippen molar-refractivity contribution in [2.45, 2.75) is 20.5 Å². The molecule has 5 heteroatoms. The molecule has 0 spiro atoms. The van der Waals surface area contributed by atoms with Gasteiger partial charge in [0.05, 0.1) is 5.75 Å². The number of ether oxygens (including phenoxy) is 1. The van der Waals surface area contributed by atoms with E-state index in [0.717, 1.165) is 17.2 Å². The smallest absolute Gasteiger partial charge is 0.492 e. The Balaban J connectivity index is 2.21. The van der Waals surface area contributed by atoms with Crippen molar-refractivity contribution in [2.24, 2.45) is 0 Å². The summed E-state index contributed by atoms with van der Waals surface area (Å²) in [5.74, 6) is -0.107. The van der Waals surface area contributed by atoms with Crippen LogP contribution < -0.4 is 10.2 Å². The largest absolute Gasteiger partial charge is 0.513 e. The second-order valence-corrected chi connectivity index (χ2v) is 4.89. The fourth-order valence-electron chi connectivity index (χ4n) is 2.02. The molecule has 0 aliphatic heterocycles. The van der Waals surface area contributed by atoms with Gasteiger partial charge in [-0.2, -0.15) is 0 Å². The average Bonchev–Trinajstić information content (AvgIpc) is 2.36. The van der Waals surface area contributed by atoms with Crippen LogP contribution >= 0.6 is 0 Å². The van der Waals surface area contributed by atoms with E-state index in [0.29, 0.717) is 5.56 Å². The van der Waals surface area contributed by atoms with Crippen molar-refractivity contribution >= 4 is 12.4 Å². The second-order valence-electron chi connectivity index (χ2n) is 4.89. The van der Waals surface area contributed by atoms with Gasteiger partial charge in [0.1, 0.15) is 6.61 Å². The summed E-state index contributed by atoms with van der Waals surface area (Å²) in [7, 11) is 0. The molecule has 2 aromatic rings. The van der Waals surface area contributed by atoms with Crippen LogP contribution in [0.15, 0.2) is 42.5 Å². The predicted octanol–water partition coefficient (Wildman–Crippen LogP) is 3.94. The summed E-state index contributed by atoms with van der Waals surface area (Å²) >= 11 is 0. The third-order valence-corrected chi connectivity index (χ3v) is 2.99. The highest BCUT2D eigenvalue weighted by Gasteiger charge is 2.29. The minimum atomic E-state index is -5.07. The molecule has 0 heterocycles. The number of hydrogen-bond donors (Lipinski definition) is 0. The Hall–Kier alpha value is -1.91. The lowest BCUT2D eigenvalue weighted by Gasteiger charge is -2.20. The quantitative estimate of drug-likeness (QED) is 0.770. The molecular weight excluding hydrogens is 264 g/mol. The van der Waals surface area contributed by atoms with E-state index in [9.17, 15) is 12.9 Å². The van der Waals surface area contributed by atoms with E-state index in [4.69, 9.17) is 4.74 Å². The Labute approximate surface area is 116 Å². The molecule has 0 fully saturated rings. The van der Waals surface area contributed by atoms with Crippen molar-refractivity contribution in [3.63, 3.8) is 0 Å². The highest BCUT2D eigenvalue weighted by atomic mass is 19.4. The first-order chi connectivity index (χ1) is 9.36. The third-order valence-electron chi connectivity index (χ3n) is 2.99. The fourth-order valence-corrected chi connectivity index (χ4v) is 2.02. The van der Waals surface area contributed by atoms with Crippen molar-refractivity contribution in [3.8, 4) is 5.75 Å². The van der Waals surface area contributed by atoms with Crippen LogP contribution in [0.5, 0.6) is 5.75 Å². The van der Waals surface area contributed by atoms with Crippen LogP contribution in [-0.4, -0.2) is 6.98 Å². The van der Waals surface area contributed by atoms with Crippen molar-refractivity contribution in [1.82, 2.24) is 0 Å². The summed E-state index contributed by atoms with van der Waals surface area (Å²) in [5, 5.41) is 0. The number of benzene rings is 2. The number of halogens is 3. The van der Waals surface area contributed by atoms with E-state index < -0.39 is 12.4 Å². The number of hydrogen-bond acceptors (Lipinski definition) is 1. The number of aryl methyl sites for hydroxylation is 2. The van der Waals surface area contributed by atoms with Crippen LogP contribution in [-0.2, 0) is 6.61 Å². The maximum atomic E-state index is 13.0. The molecule has 0 saturated heterocycles. The van der Waals surface area contributed by atoms with Crippen molar-refractivity contribution in [2.75, 3.05) is 0 Å². The Morgan fingerprint density at radius 1 is 0.950 bits per heavy atom. The molecule has 0 radical (unpaired) electrons. The van der Waals surface area contributed by atoms with E-state index in [1.165, 1.54) is 6.07 Å². The summed E-state index contributed by atoms with van der Waals surface area (Å²) in [6.07, 6.45) is 0. The molecule has 0 atom stereocenters. The molecule has 0 unspecified atom stereocenters. The van der Waals surface area contributed by atoms with Crippen LogP contribution in [0.2, 0.25) is 0 Å². The SMILES string of the molecule is Cc1cccc(COc2ccc(C)cc2[B-](F)(F)F)c1. The zero-order valence-corrected chi connectivity index (χ0v) is 11.4. The summed E-state index contributed by atoms with van der Waals surface area (Å²) in [6.45, 7) is -1.38. The fraction of sp³-hybridized carbons (Fsp3) is 0.200. The normalized spacial score (nSPS) is 11.4. The molecule has 106 valence electrons. The van der Waals surface area contributed by atoms with Gasteiger partial charge in [-0.3, -0.25) is 0 Å². The minimum Gasteiger partial charge on any atom is -0.492 e. The Kier molecular flexibility index (Phi) is 4.07. The molecule has 0 aliphatic carbocycles. The molecule has 0 amide bonds. The van der Waals surface area contributed by atoms with Gasteiger partial charge in [-0.1, -0.05) is 53.0 Å². The lowest BCUT2D eigenvalue weighted by Crippen LogP contribution is -2.35. The zero-order chi connectivity index (χ0) is 14.8. The average molecular weight is 279 g/mol. The first-order valence-electron chi connectivity index (χ1n) is 6.35. The van der Waals surface area contributed by atoms with Gasteiger partial charge in [0.25, 0.3) is 0 Å². The highest BCUT2D eigenvalue weighted by Crippen LogP contribution is 2.20. The van der Waals surface area contributed by atoms with Gasteiger partial charge in [-0.15, -0.1) is 0 Å². The maximum Gasteiger partial charge on any atom is 0.513 e. The molecule has 1 nitrogen and oxygen atoms in total. The lowest BCUT2D eigenvalue weighted by atomic mass is 9.78. The molecule has 20 heavy (non-hydrogen) atoms. The standard InChI is InChI=1S/C15H15BF3O/c1-11-4-3-5-13(8-11)10-20-15-7-6-12(2)9-14(15)16(17,18)19/h3-9H,10H2,1-2H3/q-1. The van der Waals surface area contributed by atoms with Crippen molar-refractivity contribution < 1.29 is 17.7 Å². The van der Waals surface area contributed by atoms with Gasteiger partial charge in [0, 0.05) is 0 Å². The molecular formula is C15H15BF3O-. The van der Waals surface area contributed by atoms with Crippen LogP contribution in [0, 0.1) is 13.8 Å². The van der Waals surface area contributed by atoms with Gasteiger partial charge in [0.15, 0.2) is 0 Å². The highest BCUT2D eigenvalue weighted by molar-refractivity contribution is 6.74. The van der Waals surface area contributed by atoms with Crippen LogP contribution in [0.1, 0.15) is 16.7 Å². The monoisotopic (exact) mass is 279 g/mol. The van der Waals surface area contributed by atoms with Crippen LogP contribution in [0.4, 0.5) is 12.9 Å². The van der Waals surface area contributed by atoms with Crippen molar-refractivity contribution in [3.05, 3.63) is 59.2 Å². The summed E-state index contributed by atoms with van der Waals surface area (Å²) in [5.41, 5.74) is 1.81. The molecule has 0 aliphatic rings. The maximum absolute atomic E-state index is 13.0. The first kappa shape index (κ1) is 14.5. The van der Waals surface area contributed by atoms with E-state index >= 15 is 0 Å². The van der Waals surface area contributed by atoms with Gasteiger partial charge in [0.2, 0.25) is 0 Å². The third kappa shape index (κ3) is 3.56. The van der Waals surface area contributed by atoms with Crippen molar-refractivity contribution in [1.29, 1.82) is 0 Å². The van der Waals surface area contributed by atoms with Gasteiger partial charge in [-0.05, 0) is 25.5 Å². The molecule has 0 bridgehead atoms. The molecule has 2 rings (SSSR count). The topological polar surface area (TPSA) is 9.23 Å². The lowest BCUT2D eigenvalue weighted by molar-refractivity contribution is 0.307. The van der Waals surface area contributed by atoms with Gasteiger partial charge in [-0.25, -0.2) is 0 Å². The van der Waals surface area contributed by atoms with E-state index in [1.807, 2.05) is 31.2 Å². The Morgan fingerprint density at radius 3 is 2.30 bits per heavy atom. The zero-order valence-electron chi connectivity index (χ0n) is 11.4. The van der Waals surface area contributed by atoms with Gasteiger partial charge < -0.3 is 17.7 Å². The summed E-state index contributed by atoms with van der Waals surface area (Å²) < 4.78 is 44.4. The van der Waals surface area contributed by atoms with Gasteiger partial charge >= 0.3 is 6.98 Å². The first-order valence-corrected chi connectivity index (χ1v) is 6.35. The molecule has 0 saturated carbocycles. The van der Waals surface area contributed by atoms with Crippen LogP contribution in [0.25, 0.3) is 0 Å². The van der Waals surface area contributed by atoms with E-state index in [1.54, 1.807) is 13.0 Å². The second kappa shape index (κ2) is 5.61. The Morgan fingerprint density at radius 2 is 1.65 bits per heavy atom. The Bertz CT molecular complexity index is 608.